The highest BCUT2D eigenvalue weighted by atomic mass is 16.5. The van der Waals surface area contributed by atoms with Crippen LogP contribution in [-0.2, 0) is 11.3 Å². The molecule has 0 radical (unpaired) electrons. The molecule has 0 bridgehead atoms. The first-order valence-corrected chi connectivity index (χ1v) is 3.97. The molecule has 0 saturated carbocycles. The number of nitrogens with two attached hydrogens (primary N) is 1. The van der Waals surface area contributed by atoms with E-state index >= 15 is 0 Å². The lowest BCUT2D eigenvalue weighted by Gasteiger charge is -2.06. The lowest BCUT2D eigenvalue weighted by atomic mass is 10.4. The molecule has 1 aromatic heterocycles. The molecule has 4 heteroatoms. The van der Waals surface area contributed by atoms with Crippen LogP contribution < -0.4 is 5.73 Å². The first kappa shape index (κ1) is 9.06. The fraction of sp³-hybridized carbons (Fsp3) is 0.625. The molecule has 0 fully saturated rings. The lowest BCUT2D eigenvalue weighted by Crippen LogP contribution is -2.03. The van der Waals surface area contributed by atoms with Crippen molar-refractivity contribution in [3.63, 3.8) is 0 Å². The van der Waals surface area contributed by atoms with E-state index in [2.05, 4.69) is 18.8 Å². The average Bonchev–Trinajstić information content (AvgIpc) is 2.32. The molecule has 0 spiro atoms. The Kier molecular flexibility index (Phi) is 2.70. The van der Waals surface area contributed by atoms with Crippen molar-refractivity contribution in [1.82, 2.24) is 9.55 Å². The molecule has 2 N–H and O–H groups in total. The van der Waals surface area contributed by atoms with Gasteiger partial charge >= 0.3 is 0 Å². The van der Waals surface area contributed by atoms with Crippen molar-refractivity contribution in [3.05, 3.63) is 11.9 Å². The molecule has 1 heterocycles. The third-order valence-electron chi connectivity index (χ3n) is 1.66. The smallest absolute Gasteiger partial charge is 0.200 e. The molecule has 0 aromatic carbocycles. The maximum Gasteiger partial charge on any atom is 0.200 e. The van der Waals surface area contributed by atoms with Gasteiger partial charge in [-0.25, -0.2) is 4.98 Å². The fourth-order valence-electron chi connectivity index (χ4n) is 1.09. The Balaban J connectivity index is 2.85. The summed E-state index contributed by atoms with van der Waals surface area (Å²) in [6.07, 6.45) is 1.92. The molecule has 0 saturated heterocycles. The van der Waals surface area contributed by atoms with Crippen LogP contribution in [0.4, 0.5) is 5.95 Å². The molecular weight excluding hydrogens is 154 g/mol. The van der Waals surface area contributed by atoms with E-state index in [0.717, 1.165) is 5.69 Å². The van der Waals surface area contributed by atoms with Crippen LogP contribution in [0.15, 0.2) is 6.20 Å². The van der Waals surface area contributed by atoms with Gasteiger partial charge in [-0.2, -0.15) is 0 Å². The van der Waals surface area contributed by atoms with E-state index < -0.39 is 0 Å². The highest BCUT2D eigenvalue weighted by molar-refractivity contribution is 5.22. The van der Waals surface area contributed by atoms with Crippen molar-refractivity contribution in [1.29, 1.82) is 0 Å². The van der Waals surface area contributed by atoms with Gasteiger partial charge in [0.05, 0.1) is 12.3 Å². The van der Waals surface area contributed by atoms with Crippen LogP contribution in [0.1, 0.15) is 25.6 Å². The minimum absolute atomic E-state index is 0.350. The summed E-state index contributed by atoms with van der Waals surface area (Å²) in [5.41, 5.74) is 6.55. The monoisotopic (exact) mass is 169 g/mol. The number of nitrogen functional groups attached to an aromatic ring is 1. The van der Waals surface area contributed by atoms with E-state index in [1.54, 1.807) is 7.11 Å². The van der Waals surface area contributed by atoms with Crippen molar-refractivity contribution in [3.8, 4) is 0 Å². The molecule has 0 unspecified atom stereocenters. The molecule has 12 heavy (non-hydrogen) atoms. The summed E-state index contributed by atoms with van der Waals surface area (Å²) in [5.74, 6) is 0.553. The van der Waals surface area contributed by atoms with E-state index in [9.17, 15) is 0 Å². The molecular formula is C8H15N3O. The quantitative estimate of drug-likeness (QED) is 0.739. The van der Waals surface area contributed by atoms with E-state index in [0.29, 0.717) is 18.6 Å². The Morgan fingerprint density at radius 1 is 1.67 bits per heavy atom. The van der Waals surface area contributed by atoms with Crippen LogP contribution in [0.25, 0.3) is 0 Å². The van der Waals surface area contributed by atoms with Crippen molar-refractivity contribution < 1.29 is 4.74 Å². The van der Waals surface area contributed by atoms with Crippen LogP contribution in [-0.4, -0.2) is 16.7 Å². The van der Waals surface area contributed by atoms with Crippen molar-refractivity contribution in [2.45, 2.75) is 26.5 Å². The summed E-state index contributed by atoms with van der Waals surface area (Å²) in [4.78, 5) is 4.14. The van der Waals surface area contributed by atoms with E-state index in [1.807, 2.05) is 10.8 Å². The third kappa shape index (κ3) is 1.76. The standard InChI is InChI=1S/C8H15N3O/c1-6(2)11-4-7(5-12-3)10-8(11)9/h4,6H,5H2,1-3H3,(H2,9,10). The van der Waals surface area contributed by atoms with Crippen LogP contribution in [0.5, 0.6) is 0 Å². The second-order valence-corrected chi connectivity index (χ2v) is 3.02. The van der Waals surface area contributed by atoms with Crippen molar-refractivity contribution >= 4 is 5.95 Å². The maximum absolute atomic E-state index is 5.67. The number of hydrogen-bond donors (Lipinski definition) is 1. The van der Waals surface area contributed by atoms with Crippen molar-refractivity contribution in [2.24, 2.45) is 0 Å². The summed E-state index contributed by atoms with van der Waals surface area (Å²) in [6, 6.07) is 0.350. The summed E-state index contributed by atoms with van der Waals surface area (Å²) in [5, 5.41) is 0. The van der Waals surface area contributed by atoms with E-state index in [-0.39, 0.29) is 0 Å². The number of anilines is 1. The largest absolute Gasteiger partial charge is 0.378 e. The average molecular weight is 169 g/mol. The van der Waals surface area contributed by atoms with Crippen LogP contribution in [0.3, 0.4) is 0 Å². The van der Waals surface area contributed by atoms with Gasteiger partial charge in [-0.05, 0) is 13.8 Å². The number of nitrogens with zero attached hydrogens (tertiary/aromatic N) is 2. The lowest BCUT2D eigenvalue weighted by molar-refractivity contribution is 0.182. The predicted octanol–water partition coefficient (Wildman–Crippen LogP) is 1.19. The maximum atomic E-state index is 5.67. The molecule has 1 aromatic rings. The number of methoxy groups -OCH3 is 1. The van der Waals surface area contributed by atoms with Gasteiger partial charge < -0.3 is 15.0 Å². The van der Waals surface area contributed by atoms with Gasteiger partial charge in [0.15, 0.2) is 0 Å². The molecule has 0 atom stereocenters. The molecule has 4 nitrogen and oxygen atoms in total. The Hall–Kier alpha value is -1.03. The zero-order valence-corrected chi connectivity index (χ0v) is 7.74. The topological polar surface area (TPSA) is 53.1 Å². The molecule has 0 aliphatic carbocycles. The number of aromatic nitrogens is 2. The van der Waals surface area contributed by atoms with Gasteiger partial charge in [0.25, 0.3) is 0 Å². The van der Waals surface area contributed by atoms with Gasteiger partial charge in [0.2, 0.25) is 5.95 Å². The van der Waals surface area contributed by atoms with Crippen LogP contribution in [0, 0.1) is 0 Å². The Labute approximate surface area is 72.3 Å². The molecule has 1 rings (SSSR count). The Morgan fingerprint density at radius 2 is 2.33 bits per heavy atom. The Bertz CT molecular complexity index is 255. The summed E-state index contributed by atoms with van der Waals surface area (Å²) in [6.45, 7) is 4.65. The molecule has 0 amide bonds. The zero-order valence-electron chi connectivity index (χ0n) is 7.74. The fourth-order valence-corrected chi connectivity index (χ4v) is 1.09. The summed E-state index contributed by atoms with van der Waals surface area (Å²) in [7, 11) is 1.64. The van der Waals surface area contributed by atoms with Crippen molar-refractivity contribution in [2.75, 3.05) is 12.8 Å². The highest BCUT2D eigenvalue weighted by Gasteiger charge is 2.06. The molecule has 0 aliphatic rings. The first-order valence-electron chi connectivity index (χ1n) is 3.97. The van der Waals surface area contributed by atoms with E-state index in [1.165, 1.54) is 0 Å². The van der Waals surface area contributed by atoms with Gasteiger partial charge in [0, 0.05) is 19.3 Å². The van der Waals surface area contributed by atoms with Gasteiger partial charge in [-0.1, -0.05) is 0 Å². The minimum Gasteiger partial charge on any atom is -0.378 e. The Morgan fingerprint density at radius 3 is 2.75 bits per heavy atom. The summed E-state index contributed by atoms with van der Waals surface area (Å²) >= 11 is 0. The van der Waals surface area contributed by atoms with Gasteiger partial charge in [-0.15, -0.1) is 0 Å². The van der Waals surface area contributed by atoms with Gasteiger partial charge in [0.1, 0.15) is 0 Å². The third-order valence-corrected chi connectivity index (χ3v) is 1.66. The van der Waals surface area contributed by atoms with Crippen LogP contribution >= 0.6 is 0 Å². The van der Waals surface area contributed by atoms with E-state index in [4.69, 9.17) is 10.5 Å². The summed E-state index contributed by atoms with van der Waals surface area (Å²) < 4.78 is 6.87. The number of imidazole rings is 1. The van der Waals surface area contributed by atoms with Gasteiger partial charge in [-0.3, -0.25) is 0 Å². The number of rotatable bonds is 3. The molecule has 0 aliphatic heterocycles. The number of hydrogen-bond acceptors (Lipinski definition) is 3. The SMILES string of the molecule is COCc1cn(C(C)C)c(N)n1. The van der Waals surface area contributed by atoms with Crippen LogP contribution in [0.2, 0.25) is 0 Å². The predicted molar refractivity (Wildman–Crippen MR) is 47.7 cm³/mol. The molecule has 68 valence electrons. The first-order chi connectivity index (χ1) is 5.65. The highest BCUT2D eigenvalue weighted by Crippen LogP contribution is 2.12. The second kappa shape index (κ2) is 3.58. The zero-order chi connectivity index (χ0) is 9.14. The number of ether oxygens (including phenoxy) is 1. The second-order valence-electron chi connectivity index (χ2n) is 3.02. The minimum atomic E-state index is 0.350. The normalized spacial score (nSPS) is 11.0.